The standard InChI is InChI=1S/C22H28N2O2S/c1-4-23-22(26)18(3)24(14-19-8-6-5-7-9-19)21(25)16-27-15-20-12-10-17(2)11-13-20/h5-13,18H,4,14-16H2,1-3H3,(H,23,26)/t18-/m0/s1. The van der Waals surface area contributed by atoms with Crippen molar-refractivity contribution in [2.24, 2.45) is 0 Å². The number of benzene rings is 2. The van der Waals surface area contributed by atoms with Crippen LogP contribution in [0.5, 0.6) is 0 Å². The van der Waals surface area contributed by atoms with E-state index in [9.17, 15) is 9.59 Å². The first-order valence-corrected chi connectivity index (χ1v) is 10.4. The molecule has 2 amide bonds. The maximum atomic E-state index is 12.9. The molecule has 5 heteroatoms. The molecule has 0 aliphatic heterocycles. The van der Waals surface area contributed by atoms with Crippen LogP contribution in [-0.4, -0.2) is 35.1 Å². The molecule has 2 aromatic carbocycles. The third kappa shape index (κ3) is 6.75. The monoisotopic (exact) mass is 384 g/mol. The predicted octanol–water partition coefficient (Wildman–Crippen LogP) is 3.78. The zero-order valence-corrected chi connectivity index (χ0v) is 17.1. The van der Waals surface area contributed by atoms with Gasteiger partial charge in [0, 0.05) is 18.8 Å². The molecule has 0 aromatic heterocycles. The van der Waals surface area contributed by atoms with Crippen molar-refractivity contribution in [1.82, 2.24) is 10.2 Å². The Labute approximate surface area is 166 Å². The first-order chi connectivity index (χ1) is 13.0. The Morgan fingerprint density at radius 1 is 1.04 bits per heavy atom. The van der Waals surface area contributed by atoms with E-state index >= 15 is 0 Å². The van der Waals surface area contributed by atoms with E-state index in [1.807, 2.05) is 37.3 Å². The summed E-state index contributed by atoms with van der Waals surface area (Å²) in [6, 6.07) is 17.6. The number of thioether (sulfide) groups is 1. The van der Waals surface area contributed by atoms with Crippen molar-refractivity contribution >= 4 is 23.6 Å². The van der Waals surface area contributed by atoms with Gasteiger partial charge in [0.1, 0.15) is 6.04 Å². The van der Waals surface area contributed by atoms with Crippen LogP contribution in [-0.2, 0) is 21.9 Å². The molecule has 1 N–H and O–H groups in total. The molecule has 0 radical (unpaired) electrons. The number of carbonyl (C=O) groups is 2. The minimum atomic E-state index is -0.502. The molecule has 0 aliphatic rings. The highest BCUT2D eigenvalue weighted by Crippen LogP contribution is 2.16. The lowest BCUT2D eigenvalue weighted by Crippen LogP contribution is -2.48. The van der Waals surface area contributed by atoms with Gasteiger partial charge in [-0.05, 0) is 31.9 Å². The summed E-state index contributed by atoms with van der Waals surface area (Å²) in [6.07, 6.45) is 0. The molecular weight excluding hydrogens is 356 g/mol. The minimum Gasteiger partial charge on any atom is -0.355 e. The Morgan fingerprint density at radius 3 is 2.33 bits per heavy atom. The Bertz CT molecular complexity index is 732. The van der Waals surface area contributed by atoms with Gasteiger partial charge in [-0.2, -0.15) is 0 Å². The lowest BCUT2D eigenvalue weighted by Gasteiger charge is -2.28. The summed E-state index contributed by atoms with van der Waals surface area (Å²) >= 11 is 1.58. The van der Waals surface area contributed by atoms with E-state index < -0.39 is 6.04 Å². The summed E-state index contributed by atoms with van der Waals surface area (Å²) in [5.74, 6) is 0.991. The lowest BCUT2D eigenvalue weighted by atomic mass is 10.1. The van der Waals surface area contributed by atoms with Gasteiger partial charge in [-0.15, -0.1) is 11.8 Å². The topological polar surface area (TPSA) is 49.4 Å². The van der Waals surface area contributed by atoms with Crippen molar-refractivity contribution in [3.05, 3.63) is 71.3 Å². The van der Waals surface area contributed by atoms with Crippen LogP contribution in [0.4, 0.5) is 0 Å². The van der Waals surface area contributed by atoms with E-state index in [4.69, 9.17) is 0 Å². The van der Waals surface area contributed by atoms with Crippen molar-refractivity contribution in [3.63, 3.8) is 0 Å². The molecule has 0 unspecified atom stereocenters. The summed E-state index contributed by atoms with van der Waals surface area (Å²) in [7, 11) is 0. The number of hydrogen-bond donors (Lipinski definition) is 1. The van der Waals surface area contributed by atoms with Gasteiger partial charge in [-0.25, -0.2) is 0 Å². The van der Waals surface area contributed by atoms with Gasteiger partial charge in [-0.3, -0.25) is 9.59 Å². The van der Waals surface area contributed by atoms with E-state index in [1.165, 1.54) is 11.1 Å². The quantitative estimate of drug-likeness (QED) is 0.716. The first-order valence-electron chi connectivity index (χ1n) is 9.25. The number of nitrogens with one attached hydrogen (secondary N) is 1. The predicted molar refractivity (Wildman–Crippen MR) is 112 cm³/mol. The second kappa shape index (κ2) is 10.8. The zero-order valence-electron chi connectivity index (χ0n) is 16.3. The smallest absolute Gasteiger partial charge is 0.242 e. The fourth-order valence-electron chi connectivity index (χ4n) is 2.71. The number of nitrogens with zero attached hydrogens (tertiary/aromatic N) is 1. The van der Waals surface area contributed by atoms with Gasteiger partial charge in [0.05, 0.1) is 5.75 Å². The highest BCUT2D eigenvalue weighted by molar-refractivity contribution is 7.99. The summed E-state index contributed by atoms with van der Waals surface area (Å²) in [5.41, 5.74) is 3.44. The molecular formula is C22H28N2O2S. The number of amides is 2. The van der Waals surface area contributed by atoms with E-state index in [2.05, 4.69) is 36.5 Å². The van der Waals surface area contributed by atoms with Crippen LogP contribution in [0.2, 0.25) is 0 Å². The van der Waals surface area contributed by atoms with E-state index in [-0.39, 0.29) is 11.8 Å². The van der Waals surface area contributed by atoms with Crippen LogP contribution in [0.25, 0.3) is 0 Å². The fourth-order valence-corrected chi connectivity index (χ4v) is 3.58. The van der Waals surface area contributed by atoms with Gasteiger partial charge >= 0.3 is 0 Å². The SMILES string of the molecule is CCNC(=O)[C@H](C)N(Cc1ccccc1)C(=O)CSCc1ccc(C)cc1. The Kier molecular flexibility index (Phi) is 8.40. The van der Waals surface area contributed by atoms with Gasteiger partial charge in [0.15, 0.2) is 0 Å². The molecule has 0 heterocycles. The summed E-state index contributed by atoms with van der Waals surface area (Å²) in [6.45, 7) is 6.72. The van der Waals surface area contributed by atoms with Crippen molar-refractivity contribution < 1.29 is 9.59 Å². The molecule has 0 saturated heterocycles. The number of hydrogen-bond acceptors (Lipinski definition) is 3. The molecule has 0 saturated carbocycles. The number of aryl methyl sites for hydroxylation is 1. The second-order valence-corrected chi connectivity index (χ2v) is 7.54. The van der Waals surface area contributed by atoms with E-state index in [1.54, 1.807) is 23.6 Å². The lowest BCUT2D eigenvalue weighted by molar-refractivity contribution is -0.138. The number of likely N-dealkylation sites (N-methyl/N-ethyl adjacent to an activating group) is 1. The molecule has 4 nitrogen and oxygen atoms in total. The van der Waals surface area contributed by atoms with Crippen molar-refractivity contribution in [2.75, 3.05) is 12.3 Å². The van der Waals surface area contributed by atoms with Crippen LogP contribution < -0.4 is 5.32 Å². The molecule has 2 rings (SSSR count). The molecule has 144 valence electrons. The average molecular weight is 385 g/mol. The van der Waals surface area contributed by atoms with Crippen LogP contribution in [0.15, 0.2) is 54.6 Å². The van der Waals surface area contributed by atoms with Crippen molar-refractivity contribution in [2.45, 2.75) is 39.1 Å². The summed E-state index contributed by atoms with van der Waals surface area (Å²) < 4.78 is 0. The third-order valence-corrected chi connectivity index (χ3v) is 5.32. The fraction of sp³-hybridized carbons (Fsp3) is 0.364. The van der Waals surface area contributed by atoms with Gasteiger partial charge in [0.25, 0.3) is 0 Å². The summed E-state index contributed by atoms with van der Waals surface area (Å²) in [4.78, 5) is 26.8. The first kappa shape index (κ1) is 21.0. The largest absolute Gasteiger partial charge is 0.355 e. The molecule has 27 heavy (non-hydrogen) atoms. The molecule has 1 atom stereocenters. The molecule has 0 fully saturated rings. The maximum Gasteiger partial charge on any atom is 0.242 e. The highest BCUT2D eigenvalue weighted by atomic mass is 32.2. The van der Waals surface area contributed by atoms with Gasteiger partial charge in [-0.1, -0.05) is 60.2 Å². The second-order valence-electron chi connectivity index (χ2n) is 6.56. The van der Waals surface area contributed by atoms with Crippen molar-refractivity contribution in [3.8, 4) is 0 Å². The Hall–Kier alpha value is -2.27. The Morgan fingerprint density at radius 2 is 1.70 bits per heavy atom. The molecule has 0 aliphatic carbocycles. The summed E-state index contributed by atoms with van der Waals surface area (Å²) in [5, 5.41) is 2.81. The van der Waals surface area contributed by atoms with Crippen molar-refractivity contribution in [1.29, 1.82) is 0 Å². The highest BCUT2D eigenvalue weighted by Gasteiger charge is 2.25. The minimum absolute atomic E-state index is 0.0188. The van der Waals surface area contributed by atoms with Gasteiger partial charge in [0.2, 0.25) is 11.8 Å². The van der Waals surface area contributed by atoms with Crippen LogP contribution >= 0.6 is 11.8 Å². The van der Waals surface area contributed by atoms with E-state index in [0.29, 0.717) is 18.8 Å². The maximum absolute atomic E-state index is 12.9. The van der Waals surface area contributed by atoms with Crippen LogP contribution in [0, 0.1) is 6.92 Å². The van der Waals surface area contributed by atoms with Crippen LogP contribution in [0.1, 0.15) is 30.5 Å². The zero-order chi connectivity index (χ0) is 19.6. The third-order valence-electron chi connectivity index (χ3n) is 4.33. The average Bonchev–Trinajstić information content (AvgIpc) is 2.68. The van der Waals surface area contributed by atoms with Crippen LogP contribution in [0.3, 0.4) is 0 Å². The molecule has 0 spiro atoms. The normalized spacial score (nSPS) is 11.7. The molecule has 0 bridgehead atoms. The van der Waals surface area contributed by atoms with Gasteiger partial charge < -0.3 is 10.2 Å². The number of rotatable bonds is 9. The molecule has 2 aromatic rings. The number of carbonyl (C=O) groups excluding carboxylic acids is 2. The Balaban J connectivity index is 2.00. The van der Waals surface area contributed by atoms with E-state index in [0.717, 1.165) is 11.3 Å².